The lowest BCUT2D eigenvalue weighted by molar-refractivity contribution is -0.160. The number of allylic oxidation sites excluding steroid dienone is 2. The summed E-state index contributed by atoms with van der Waals surface area (Å²) in [4.78, 5) is 74.4. The van der Waals surface area contributed by atoms with Crippen LogP contribution >= 0.6 is 0 Å². The van der Waals surface area contributed by atoms with E-state index >= 15 is 8.78 Å². The number of ketones is 1. The molecule has 5 aromatic rings. The van der Waals surface area contributed by atoms with Crippen LogP contribution in [0.2, 0.25) is 0 Å². The summed E-state index contributed by atoms with van der Waals surface area (Å²) in [6, 6.07) is 3.26. The van der Waals surface area contributed by atoms with Gasteiger partial charge in [0.2, 0.25) is 5.43 Å². The zero-order chi connectivity index (χ0) is 58.6. The quantitative estimate of drug-likeness (QED) is 0.0496. The van der Waals surface area contributed by atoms with Crippen molar-refractivity contribution >= 4 is 56.9 Å². The second kappa shape index (κ2) is 22.6. The molecule has 0 spiro atoms. The number of aliphatic hydroxyl groups excluding tert-OH is 2. The molecule has 9 rings (SSSR count). The van der Waals surface area contributed by atoms with Gasteiger partial charge in [-0.1, -0.05) is 45.9 Å². The molecule has 0 saturated carbocycles. The van der Waals surface area contributed by atoms with Gasteiger partial charge in [0.25, 0.3) is 11.7 Å². The Balaban J connectivity index is 1.20. The molecule has 0 aliphatic carbocycles. The maximum absolute atomic E-state index is 16.1. The molecule has 6 heterocycles. The number of phenols is 3. The molecular formula is C57H62F3N5O15. The molecule has 1 amide bonds. The van der Waals surface area contributed by atoms with Crippen LogP contribution in [0.5, 0.6) is 23.0 Å². The predicted molar refractivity (Wildman–Crippen MR) is 285 cm³/mol. The van der Waals surface area contributed by atoms with E-state index in [1.165, 1.54) is 57.9 Å². The highest BCUT2D eigenvalue weighted by molar-refractivity contribution is 6.22. The number of benzene rings is 3. The number of esters is 1. The number of hydrogen-bond acceptors (Lipinski definition) is 17. The zero-order valence-electron chi connectivity index (χ0n) is 45.2. The van der Waals surface area contributed by atoms with Crippen LogP contribution in [0.3, 0.4) is 0 Å². The number of methoxy groups -OCH3 is 1. The van der Waals surface area contributed by atoms with Crippen molar-refractivity contribution < 1.29 is 81.9 Å². The molecule has 80 heavy (non-hydrogen) atoms. The minimum atomic E-state index is -2.17. The number of nitrogens with one attached hydrogen (secondary N) is 1. The summed E-state index contributed by atoms with van der Waals surface area (Å²) in [5.74, 6) is -14.5. The molecule has 20 nitrogen and oxygen atoms in total. The molecule has 2 aromatic heterocycles. The number of fused-ring (bicyclic) bond motifs is 15. The number of amides is 1. The van der Waals surface area contributed by atoms with E-state index in [9.17, 15) is 59.0 Å². The Morgan fingerprint density at radius 3 is 2.21 bits per heavy atom. The number of Topliss-reactive ketones (excluding diaryl/α,β-unsaturated/α-hetero) is 1. The van der Waals surface area contributed by atoms with Gasteiger partial charge in [-0.05, 0) is 38.1 Å². The topological polar surface area (TPSA) is 280 Å². The Hall–Kier alpha value is -7.99. The number of carbonyl (C=O) groups is 4. The van der Waals surface area contributed by atoms with Crippen LogP contribution < -0.4 is 20.4 Å². The molecule has 1 fully saturated rings. The number of anilines is 2. The van der Waals surface area contributed by atoms with E-state index in [2.05, 4.69) is 10.3 Å². The summed E-state index contributed by atoms with van der Waals surface area (Å²) < 4.78 is 70.0. The maximum Gasteiger partial charge on any atom is 0.341 e. The van der Waals surface area contributed by atoms with Gasteiger partial charge in [0.15, 0.2) is 23.0 Å². The first-order chi connectivity index (χ1) is 37.7. The summed E-state index contributed by atoms with van der Waals surface area (Å²) in [6.07, 6.45) is 3.76. The summed E-state index contributed by atoms with van der Waals surface area (Å²) in [5, 5.41) is 71.0. The number of phenolic OH excluding ortho intramolecular Hbond substituents is 3. The minimum absolute atomic E-state index is 0.00407. The Morgan fingerprint density at radius 2 is 1.57 bits per heavy atom. The summed E-state index contributed by atoms with van der Waals surface area (Å²) in [6.45, 7) is 12.0. The molecule has 4 aliphatic heterocycles. The van der Waals surface area contributed by atoms with Gasteiger partial charge in [-0.3, -0.25) is 28.6 Å². The van der Waals surface area contributed by atoms with E-state index in [1.54, 1.807) is 38.7 Å². The van der Waals surface area contributed by atoms with Crippen LogP contribution in [0, 0.1) is 48.0 Å². The number of carboxylic acids is 1. The predicted octanol–water partition coefficient (Wildman–Crippen LogP) is 6.89. The van der Waals surface area contributed by atoms with Gasteiger partial charge in [0.1, 0.15) is 40.6 Å². The first-order valence-electron chi connectivity index (χ1n) is 25.7. The van der Waals surface area contributed by atoms with Gasteiger partial charge < -0.3 is 59.8 Å². The molecule has 9 atom stereocenters. The monoisotopic (exact) mass is 1110 g/mol. The summed E-state index contributed by atoms with van der Waals surface area (Å²) in [5.41, 5.74) is -3.37. The number of aromatic carboxylic acids is 1. The summed E-state index contributed by atoms with van der Waals surface area (Å²) >= 11 is 0. The smallest absolute Gasteiger partial charge is 0.341 e. The number of nitrogens with zero attached hydrogens (tertiary/aromatic N) is 4. The van der Waals surface area contributed by atoms with Crippen molar-refractivity contribution in [3.63, 3.8) is 0 Å². The van der Waals surface area contributed by atoms with Crippen molar-refractivity contribution in [2.75, 3.05) is 43.5 Å². The second-order valence-electron chi connectivity index (χ2n) is 20.8. The SMILES string of the molecule is CO[C@H]1C=CO[C@@]2(C)Oc3c(C)c(O)c4c(O)c(c(CN5CCN(c6nc7c(cc6F)c(=O)c(C(=O)O)cn7-c6ccc(F)cc6F)CC5)c(O)c4c3C2=O)NC(=O)C(C)=CC=C[C@H](C)[C@H](O)[C@@H](C)[C@@H](O)[C@@H](C)[C@H](OC(C)=O)[C@@H]1C. The van der Waals surface area contributed by atoms with Gasteiger partial charge in [-0.15, -0.1) is 0 Å². The number of rotatable bonds is 7. The molecule has 23 heteroatoms. The van der Waals surface area contributed by atoms with E-state index in [4.69, 9.17) is 18.9 Å². The second-order valence-corrected chi connectivity index (χ2v) is 20.8. The van der Waals surface area contributed by atoms with E-state index in [1.807, 2.05) is 0 Å². The molecule has 4 aliphatic rings. The zero-order valence-corrected chi connectivity index (χ0v) is 45.2. The summed E-state index contributed by atoms with van der Waals surface area (Å²) in [7, 11) is 1.39. The number of hydrogen-bond donors (Lipinski definition) is 7. The van der Waals surface area contributed by atoms with Gasteiger partial charge in [0.05, 0.1) is 52.3 Å². The number of ether oxygens (including phenoxy) is 4. The molecular weight excluding hydrogens is 1050 g/mol. The lowest BCUT2D eigenvalue weighted by Gasteiger charge is -2.38. The highest BCUT2D eigenvalue weighted by atomic mass is 19.1. The van der Waals surface area contributed by atoms with Crippen molar-refractivity contribution in [2.24, 2.45) is 23.7 Å². The molecule has 5 bridgehead atoms. The van der Waals surface area contributed by atoms with Crippen molar-refractivity contribution in [3.8, 4) is 28.7 Å². The third kappa shape index (κ3) is 10.6. The highest BCUT2D eigenvalue weighted by Gasteiger charge is 2.50. The first-order valence-corrected chi connectivity index (χ1v) is 25.7. The molecule has 426 valence electrons. The van der Waals surface area contributed by atoms with Gasteiger partial charge in [-0.25, -0.2) is 22.9 Å². The number of pyridine rings is 2. The third-order valence-electron chi connectivity index (χ3n) is 15.5. The van der Waals surface area contributed by atoms with E-state index in [0.717, 1.165) is 35.2 Å². The number of aliphatic hydroxyl groups is 2. The van der Waals surface area contributed by atoms with Gasteiger partial charge >= 0.3 is 17.7 Å². The molecule has 1 saturated heterocycles. The Bertz CT molecular complexity index is 3500. The fraction of sp³-hybridized carbons (Fsp3) is 0.404. The molecule has 7 N–H and O–H groups in total. The lowest BCUT2D eigenvalue weighted by Crippen LogP contribution is -2.46. The third-order valence-corrected chi connectivity index (χ3v) is 15.5. The number of aromatic nitrogens is 2. The lowest BCUT2D eigenvalue weighted by atomic mass is 9.78. The molecule has 3 aromatic carbocycles. The van der Waals surface area contributed by atoms with Crippen LogP contribution in [0.15, 0.2) is 71.4 Å². The number of carboxylic acid groups (broad SMARTS) is 1. The molecule has 0 radical (unpaired) electrons. The number of halogens is 3. The van der Waals surface area contributed by atoms with Gasteiger partial charge in [0, 0.05) is 112 Å². The average Bonchev–Trinajstić information content (AvgIpc) is 3.87. The average molecular weight is 1110 g/mol. The van der Waals surface area contributed by atoms with E-state index in [0.29, 0.717) is 6.07 Å². The Kier molecular flexibility index (Phi) is 16.5. The number of aromatic hydroxyl groups is 3. The van der Waals surface area contributed by atoms with Crippen LogP contribution in [0.25, 0.3) is 27.5 Å². The van der Waals surface area contributed by atoms with Crippen molar-refractivity contribution in [3.05, 3.63) is 117 Å². The minimum Gasteiger partial charge on any atom is -0.507 e. The van der Waals surface area contributed by atoms with Crippen LogP contribution in [0.4, 0.5) is 24.7 Å². The van der Waals surface area contributed by atoms with Crippen LogP contribution in [-0.4, -0.2) is 132 Å². The number of piperazine rings is 1. The fourth-order valence-electron chi connectivity index (χ4n) is 10.7. The first kappa shape index (κ1) is 58.2. The van der Waals surface area contributed by atoms with Crippen LogP contribution in [0.1, 0.15) is 80.3 Å². The standard InChI is InChI=1S/C57H62F3N5O15/c1-25-11-10-12-26(2)55(74)61-43-34(23-63-16-18-64(19-17-63)54-37(60)22-33-47(70)35(56(75)76)24-65(53(33)62-54)38-14-13-32(58)21-36(38)59)48(71)40-41(49(43)72)46(69)30(6)51-42(40)52(73)57(8,80-51)78-20-15-39(77-9)27(3)50(79-31(7)66)29(5)45(68)28(4)44(25)67/h10-15,20-22,24-25,27-29,39,44-45,50,67-69,71-72H,16-19,23H2,1-9H3,(H,61,74)(H,75,76)/t25-,27+,28+,29+,39-,44-,45+,50+,57-/m0/s1. The maximum atomic E-state index is 16.1. The van der Waals surface area contributed by atoms with Crippen LogP contribution in [-0.2, 0) is 30.3 Å². The van der Waals surface area contributed by atoms with E-state index in [-0.39, 0.29) is 89.0 Å². The Labute approximate surface area is 456 Å². The van der Waals surface area contributed by atoms with Crippen molar-refractivity contribution in [1.82, 2.24) is 14.5 Å². The fourth-order valence-corrected chi connectivity index (χ4v) is 10.7. The van der Waals surface area contributed by atoms with Crippen molar-refractivity contribution in [1.29, 1.82) is 0 Å². The van der Waals surface area contributed by atoms with Crippen molar-refractivity contribution in [2.45, 2.75) is 92.1 Å². The number of carbonyl (C=O) groups excluding carboxylic acids is 3. The largest absolute Gasteiger partial charge is 0.507 e. The Morgan fingerprint density at radius 1 is 0.887 bits per heavy atom. The van der Waals surface area contributed by atoms with E-state index < -0.39 is 134 Å². The van der Waals surface area contributed by atoms with Gasteiger partial charge in [-0.2, -0.15) is 0 Å². The highest BCUT2D eigenvalue weighted by Crippen LogP contribution is 2.55. The normalized spacial score (nSPS) is 25.2. The molecule has 0 unspecified atom stereocenters.